The first-order valence-corrected chi connectivity index (χ1v) is 9.53. The molecule has 1 N–H and O–H groups in total. The van der Waals surface area contributed by atoms with Gasteiger partial charge in [-0.05, 0) is 24.3 Å². The van der Waals surface area contributed by atoms with Crippen molar-refractivity contribution >= 4 is 17.8 Å². The average Bonchev–Trinajstić information content (AvgIpc) is 2.66. The number of nitrogens with one attached hydrogen (secondary N) is 1. The number of carbonyl (C=O) groups is 3. The molecule has 4 amide bonds. The van der Waals surface area contributed by atoms with Crippen molar-refractivity contribution in [3.63, 3.8) is 0 Å². The van der Waals surface area contributed by atoms with Crippen LogP contribution >= 0.6 is 0 Å². The second-order valence-corrected chi connectivity index (χ2v) is 7.23. The van der Waals surface area contributed by atoms with E-state index in [1.54, 1.807) is 0 Å². The molecule has 1 saturated heterocycles. The quantitative estimate of drug-likeness (QED) is 0.850. The van der Waals surface area contributed by atoms with Gasteiger partial charge in [-0.3, -0.25) is 14.5 Å². The van der Waals surface area contributed by atoms with Gasteiger partial charge in [0.1, 0.15) is 6.54 Å². The summed E-state index contributed by atoms with van der Waals surface area (Å²) in [5, 5.41) is 2.63. The van der Waals surface area contributed by atoms with E-state index < -0.39 is 6.03 Å². The van der Waals surface area contributed by atoms with Gasteiger partial charge < -0.3 is 10.2 Å². The third-order valence-corrected chi connectivity index (χ3v) is 5.23. The van der Waals surface area contributed by atoms with E-state index >= 15 is 0 Å². The van der Waals surface area contributed by atoms with Crippen LogP contribution < -0.4 is 5.32 Å². The fourth-order valence-corrected chi connectivity index (χ4v) is 3.75. The minimum absolute atomic E-state index is 0.162. The van der Waals surface area contributed by atoms with Gasteiger partial charge in [0, 0.05) is 26.1 Å². The summed E-state index contributed by atoms with van der Waals surface area (Å²) in [6, 6.07) is 9.40. The van der Waals surface area contributed by atoms with Gasteiger partial charge in [0.15, 0.2) is 0 Å². The molecule has 0 unspecified atom stereocenters. The lowest BCUT2D eigenvalue weighted by Crippen LogP contribution is -2.53. The first-order valence-electron chi connectivity index (χ1n) is 9.53. The summed E-state index contributed by atoms with van der Waals surface area (Å²) >= 11 is 0. The molecule has 1 aromatic carbocycles. The topological polar surface area (TPSA) is 69.7 Å². The van der Waals surface area contributed by atoms with E-state index in [9.17, 15) is 14.4 Å². The molecule has 6 heteroatoms. The highest BCUT2D eigenvalue weighted by Gasteiger charge is 2.30. The van der Waals surface area contributed by atoms with Crippen LogP contribution in [0.25, 0.3) is 0 Å². The number of hydrogen-bond acceptors (Lipinski definition) is 3. The Bertz CT molecular complexity index is 625. The fourth-order valence-electron chi connectivity index (χ4n) is 3.75. The van der Waals surface area contributed by atoms with Crippen LogP contribution in [0, 0.1) is 5.92 Å². The molecule has 1 saturated carbocycles. The minimum Gasteiger partial charge on any atom is -0.337 e. The maximum absolute atomic E-state index is 12.9. The van der Waals surface area contributed by atoms with Crippen LogP contribution in [0.1, 0.15) is 44.1 Å². The SMILES string of the molecule is O=C(CN1C(=O)CCNC1=O)N(Cc1ccccc1)CC1CCCCC1. The van der Waals surface area contributed by atoms with Gasteiger partial charge in [-0.1, -0.05) is 49.6 Å². The van der Waals surface area contributed by atoms with E-state index in [4.69, 9.17) is 0 Å². The molecule has 1 heterocycles. The van der Waals surface area contributed by atoms with Crippen LogP contribution in [-0.2, 0) is 16.1 Å². The van der Waals surface area contributed by atoms with Crippen molar-refractivity contribution in [3.8, 4) is 0 Å². The van der Waals surface area contributed by atoms with E-state index in [0.29, 0.717) is 25.6 Å². The lowest BCUT2D eigenvalue weighted by molar-refractivity contribution is -0.139. The van der Waals surface area contributed by atoms with Crippen molar-refractivity contribution in [1.82, 2.24) is 15.1 Å². The van der Waals surface area contributed by atoms with Crippen molar-refractivity contribution in [2.24, 2.45) is 5.92 Å². The van der Waals surface area contributed by atoms with E-state index in [2.05, 4.69) is 5.32 Å². The molecule has 26 heavy (non-hydrogen) atoms. The third kappa shape index (κ3) is 4.84. The molecule has 0 atom stereocenters. The highest BCUT2D eigenvalue weighted by molar-refractivity contribution is 6.00. The van der Waals surface area contributed by atoms with Crippen molar-refractivity contribution in [2.45, 2.75) is 45.1 Å². The zero-order chi connectivity index (χ0) is 18.4. The molecule has 1 aromatic rings. The molecule has 0 aromatic heterocycles. The van der Waals surface area contributed by atoms with Crippen molar-refractivity contribution in [3.05, 3.63) is 35.9 Å². The van der Waals surface area contributed by atoms with Crippen LogP contribution in [0.5, 0.6) is 0 Å². The number of benzene rings is 1. The van der Waals surface area contributed by atoms with Crippen LogP contribution in [0.4, 0.5) is 4.79 Å². The first-order chi connectivity index (χ1) is 12.6. The summed E-state index contributed by atoms with van der Waals surface area (Å²) in [5.74, 6) is 0.0616. The molecule has 140 valence electrons. The maximum Gasteiger partial charge on any atom is 0.324 e. The van der Waals surface area contributed by atoms with Crippen molar-refractivity contribution in [2.75, 3.05) is 19.6 Å². The molecule has 1 aliphatic carbocycles. The highest BCUT2D eigenvalue weighted by atomic mass is 16.2. The van der Waals surface area contributed by atoms with E-state index in [1.807, 2.05) is 35.2 Å². The smallest absolute Gasteiger partial charge is 0.324 e. The van der Waals surface area contributed by atoms with Gasteiger partial charge in [0.2, 0.25) is 11.8 Å². The largest absolute Gasteiger partial charge is 0.337 e. The van der Waals surface area contributed by atoms with Gasteiger partial charge in [-0.2, -0.15) is 0 Å². The number of amides is 4. The molecule has 0 bridgehead atoms. The van der Waals surface area contributed by atoms with Gasteiger partial charge in [0.25, 0.3) is 0 Å². The molecule has 1 aliphatic heterocycles. The lowest BCUT2D eigenvalue weighted by Gasteiger charge is -2.32. The molecular formula is C20H27N3O3. The predicted octanol–water partition coefficient (Wildman–Crippen LogP) is 2.54. The molecule has 0 radical (unpaired) electrons. The summed E-state index contributed by atoms with van der Waals surface area (Å²) in [6.45, 7) is 1.37. The van der Waals surface area contributed by atoms with Crippen LogP contribution in [0.2, 0.25) is 0 Å². The molecule has 3 rings (SSSR count). The number of urea groups is 1. The van der Waals surface area contributed by atoms with Crippen LogP contribution in [0.15, 0.2) is 30.3 Å². The van der Waals surface area contributed by atoms with Crippen LogP contribution in [0.3, 0.4) is 0 Å². The standard InChI is InChI=1S/C20H27N3O3/c24-18-11-12-21-20(26)23(18)15-19(25)22(13-16-7-3-1-4-8-16)14-17-9-5-2-6-10-17/h1,3-4,7-8,17H,2,5-6,9-15H2,(H,21,26). The Morgan fingerprint density at radius 1 is 1.12 bits per heavy atom. The monoisotopic (exact) mass is 357 g/mol. The van der Waals surface area contributed by atoms with Gasteiger partial charge in [0.05, 0.1) is 0 Å². The summed E-state index contributed by atoms with van der Waals surface area (Å²) < 4.78 is 0. The first kappa shape index (κ1) is 18.4. The second kappa shape index (κ2) is 8.83. The zero-order valence-electron chi connectivity index (χ0n) is 15.2. The Hall–Kier alpha value is -2.37. The van der Waals surface area contributed by atoms with Gasteiger partial charge in [-0.15, -0.1) is 0 Å². The Morgan fingerprint density at radius 3 is 2.54 bits per heavy atom. The van der Waals surface area contributed by atoms with Crippen LogP contribution in [-0.4, -0.2) is 47.3 Å². The van der Waals surface area contributed by atoms with E-state index in [1.165, 1.54) is 19.3 Å². The summed E-state index contributed by atoms with van der Waals surface area (Å²) in [5.41, 5.74) is 1.06. The molecule has 0 spiro atoms. The van der Waals surface area contributed by atoms with Gasteiger partial charge in [-0.25, -0.2) is 4.79 Å². The third-order valence-electron chi connectivity index (χ3n) is 5.23. The number of carbonyl (C=O) groups excluding carboxylic acids is 3. The summed E-state index contributed by atoms with van der Waals surface area (Å²) in [7, 11) is 0. The van der Waals surface area contributed by atoms with E-state index in [-0.39, 0.29) is 24.8 Å². The summed E-state index contributed by atoms with van der Waals surface area (Å²) in [6.07, 6.45) is 6.23. The Labute approximate surface area is 154 Å². The molecule has 6 nitrogen and oxygen atoms in total. The number of nitrogens with zero attached hydrogens (tertiary/aromatic N) is 2. The van der Waals surface area contributed by atoms with Gasteiger partial charge >= 0.3 is 6.03 Å². The normalized spacial score (nSPS) is 18.5. The van der Waals surface area contributed by atoms with Crippen molar-refractivity contribution in [1.29, 1.82) is 0 Å². The number of hydrogen-bond donors (Lipinski definition) is 1. The van der Waals surface area contributed by atoms with Crippen molar-refractivity contribution < 1.29 is 14.4 Å². The van der Waals surface area contributed by atoms with E-state index in [0.717, 1.165) is 23.3 Å². The summed E-state index contributed by atoms with van der Waals surface area (Å²) in [4.78, 5) is 39.7. The Kier molecular flexibility index (Phi) is 6.26. The fraction of sp³-hybridized carbons (Fsp3) is 0.550. The maximum atomic E-state index is 12.9. The molecule has 2 aliphatic rings. The second-order valence-electron chi connectivity index (χ2n) is 7.23. The average molecular weight is 357 g/mol. The lowest BCUT2D eigenvalue weighted by atomic mass is 9.89. The predicted molar refractivity (Wildman–Crippen MR) is 98.2 cm³/mol. The zero-order valence-corrected chi connectivity index (χ0v) is 15.2. The molecule has 2 fully saturated rings. The Morgan fingerprint density at radius 2 is 1.85 bits per heavy atom. The number of rotatable bonds is 6. The highest BCUT2D eigenvalue weighted by Crippen LogP contribution is 2.25. The Balaban J connectivity index is 1.69. The molecular weight excluding hydrogens is 330 g/mol. The minimum atomic E-state index is -0.466. The number of imide groups is 1.